The number of fused-ring (bicyclic) bond motifs is 5. The first-order valence-corrected chi connectivity index (χ1v) is 13.0. The minimum Gasteiger partial charge on any atom is -0.338 e. The second kappa shape index (κ2) is 8.83. The third-order valence-electron chi connectivity index (χ3n) is 7.74. The van der Waals surface area contributed by atoms with Crippen LogP contribution in [0.25, 0.3) is 11.1 Å². The average molecular weight is 507 g/mol. The lowest BCUT2D eigenvalue weighted by molar-refractivity contribution is 0.0865. The zero-order chi connectivity index (χ0) is 25.8. The molecule has 1 amide bonds. The van der Waals surface area contributed by atoms with Crippen LogP contribution in [-0.4, -0.2) is 45.7 Å². The molecule has 4 aromatic rings. The number of aromatic nitrogens is 2. The van der Waals surface area contributed by atoms with Crippen molar-refractivity contribution in [3.63, 3.8) is 0 Å². The van der Waals surface area contributed by atoms with Gasteiger partial charge in [-0.25, -0.2) is 14.1 Å². The van der Waals surface area contributed by atoms with Crippen LogP contribution in [0.5, 0.6) is 0 Å². The van der Waals surface area contributed by atoms with Gasteiger partial charge in [-0.3, -0.25) is 14.6 Å². The van der Waals surface area contributed by atoms with Crippen molar-refractivity contribution in [3.8, 4) is 11.1 Å². The molecule has 1 aromatic heterocycles. The second-order valence-corrected chi connectivity index (χ2v) is 10.1. The fourth-order valence-electron chi connectivity index (χ4n) is 5.86. The van der Waals surface area contributed by atoms with E-state index >= 15 is 0 Å². The number of carbonyl (C=O) groups is 1. The number of hydrogen-bond acceptors (Lipinski definition) is 5. The van der Waals surface area contributed by atoms with Crippen molar-refractivity contribution in [3.05, 3.63) is 95.8 Å². The average Bonchev–Trinajstić information content (AvgIpc) is 3.63. The first-order chi connectivity index (χ1) is 18.6. The summed E-state index contributed by atoms with van der Waals surface area (Å²) in [6, 6.07) is 24.9. The van der Waals surface area contributed by atoms with Crippen molar-refractivity contribution in [2.75, 3.05) is 17.3 Å². The Morgan fingerprint density at radius 1 is 0.947 bits per heavy atom. The highest BCUT2D eigenvalue weighted by atomic mass is 19.1. The van der Waals surface area contributed by atoms with E-state index in [1.54, 1.807) is 24.1 Å². The molecule has 3 aromatic carbocycles. The van der Waals surface area contributed by atoms with Crippen LogP contribution < -0.4 is 10.2 Å². The molecule has 1 N–H and O–H groups in total. The SMILES string of the molecule is CN1C(=O)c2c(Nc3ccccc3)nn(Cc3ccc(-c4ccc(F)cc4)cc3)c2N2C1=N[C@@H]1CCC[C@@H]12. The Balaban J connectivity index is 1.29. The van der Waals surface area contributed by atoms with Crippen LogP contribution in [0, 0.1) is 5.82 Å². The van der Waals surface area contributed by atoms with E-state index < -0.39 is 0 Å². The van der Waals surface area contributed by atoms with E-state index in [2.05, 4.69) is 22.3 Å². The van der Waals surface area contributed by atoms with E-state index in [0.717, 1.165) is 53.4 Å². The zero-order valence-corrected chi connectivity index (χ0v) is 21.0. The molecule has 2 aliphatic heterocycles. The second-order valence-electron chi connectivity index (χ2n) is 10.1. The molecular weight excluding hydrogens is 479 g/mol. The molecule has 0 bridgehead atoms. The maximum atomic E-state index is 13.7. The van der Waals surface area contributed by atoms with Gasteiger partial charge in [0.25, 0.3) is 5.91 Å². The van der Waals surface area contributed by atoms with E-state index in [1.807, 2.05) is 47.1 Å². The number of nitrogens with zero attached hydrogens (tertiary/aromatic N) is 5. The van der Waals surface area contributed by atoms with E-state index in [-0.39, 0.29) is 23.8 Å². The normalized spacial score (nSPS) is 19.7. The smallest absolute Gasteiger partial charge is 0.267 e. The van der Waals surface area contributed by atoms with E-state index in [0.29, 0.717) is 17.9 Å². The monoisotopic (exact) mass is 506 g/mol. The van der Waals surface area contributed by atoms with Gasteiger partial charge in [0, 0.05) is 12.7 Å². The summed E-state index contributed by atoms with van der Waals surface area (Å²) in [7, 11) is 1.80. The number of guanidine groups is 1. The Morgan fingerprint density at radius 2 is 1.66 bits per heavy atom. The summed E-state index contributed by atoms with van der Waals surface area (Å²) in [5.74, 6) is 1.72. The maximum absolute atomic E-state index is 13.7. The molecule has 190 valence electrons. The highest BCUT2D eigenvalue weighted by Gasteiger charge is 2.49. The van der Waals surface area contributed by atoms with Gasteiger partial charge >= 0.3 is 0 Å². The minimum atomic E-state index is -0.247. The molecule has 0 radical (unpaired) electrons. The van der Waals surface area contributed by atoms with Crippen LogP contribution in [0.3, 0.4) is 0 Å². The van der Waals surface area contributed by atoms with Gasteiger partial charge in [0.1, 0.15) is 17.2 Å². The Kier molecular flexibility index (Phi) is 5.28. The lowest BCUT2D eigenvalue weighted by Gasteiger charge is -2.35. The van der Waals surface area contributed by atoms with Gasteiger partial charge in [0.2, 0.25) is 5.96 Å². The van der Waals surface area contributed by atoms with Gasteiger partial charge in [-0.05, 0) is 60.2 Å². The Labute approximate surface area is 220 Å². The molecule has 0 saturated heterocycles. The van der Waals surface area contributed by atoms with Gasteiger partial charge in [-0.2, -0.15) is 5.10 Å². The summed E-state index contributed by atoms with van der Waals surface area (Å²) >= 11 is 0. The molecule has 3 aliphatic rings. The van der Waals surface area contributed by atoms with Crippen molar-refractivity contribution >= 4 is 29.2 Å². The molecule has 7 rings (SSSR count). The minimum absolute atomic E-state index is 0.105. The van der Waals surface area contributed by atoms with Crippen LogP contribution in [0.2, 0.25) is 0 Å². The number of carbonyl (C=O) groups excluding carboxylic acids is 1. The van der Waals surface area contributed by atoms with Crippen molar-refractivity contribution in [2.24, 2.45) is 4.99 Å². The molecule has 8 heteroatoms. The lowest BCUT2D eigenvalue weighted by Crippen LogP contribution is -2.52. The summed E-state index contributed by atoms with van der Waals surface area (Å²) in [5.41, 5.74) is 4.48. The van der Waals surface area contributed by atoms with Crippen molar-refractivity contribution in [2.45, 2.75) is 37.9 Å². The van der Waals surface area contributed by atoms with Crippen LogP contribution >= 0.6 is 0 Å². The Bertz CT molecular complexity index is 1540. The highest BCUT2D eigenvalue weighted by molar-refractivity contribution is 6.21. The number of benzene rings is 3. The van der Waals surface area contributed by atoms with Crippen molar-refractivity contribution < 1.29 is 9.18 Å². The first-order valence-electron chi connectivity index (χ1n) is 13.0. The third kappa shape index (κ3) is 3.67. The van der Waals surface area contributed by atoms with E-state index in [9.17, 15) is 9.18 Å². The van der Waals surface area contributed by atoms with Crippen LogP contribution in [0.4, 0.5) is 21.7 Å². The molecule has 3 heterocycles. The van der Waals surface area contributed by atoms with Crippen LogP contribution in [0.15, 0.2) is 83.9 Å². The van der Waals surface area contributed by atoms with Gasteiger partial charge in [0.15, 0.2) is 5.82 Å². The fraction of sp³-hybridized carbons (Fsp3) is 0.233. The van der Waals surface area contributed by atoms with Crippen molar-refractivity contribution in [1.82, 2.24) is 14.7 Å². The molecule has 2 atom stereocenters. The number of para-hydroxylation sites is 1. The number of hydrogen-bond donors (Lipinski definition) is 1. The quantitative estimate of drug-likeness (QED) is 0.379. The molecule has 0 unspecified atom stereocenters. The third-order valence-corrected chi connectivity index (χ3v) is 7.74. The fourth-order valence-corrected chi connectivity index (χ4v) is 5.86. The maximum Gasteiger partial charge on any atom is 0.267 e. The number of halogens is 1. The molecule has 1 saturated carbocycles. The van der Waals surface area contributed by atoms with Crippen LogP contribution in [-0.2, 0) is 6.54 Å². The summed E-state index contributed by atoms with van der Waals surface area (Å²) in [4.78, 5) is 22.5. The Morgan fingerprint density at radius 3 is 2.39 bits per heavy atom. The summed E-state index contributed by atoms with van der Waals surface area (Å²) in [5, 5.41) is 8.34. The molecular formula is C30H27FN6O. The topological polar surface area (TPSA) is 65.8 Å². The zero-order valence-electron chi connectivity index (χ0n) is 21.0. The molecule has 1 fully saturated rings. The molecule has 38 heavy (non-hydrogen) atoms. The highest BCUT2D eigenvalue weighted by Crippen LogP contribution is 2.43. The number of anilines is 3. The summed E-state index contributed by atoms with van der Waals surface area (Å²) in [6.07, 6.45) is 3.21. The predicted octanol–water partition coefficient (Wildman–Crippen LogP) is 5.66. The molecule has 0 spiro atoms. The standard InChI is InChI=1S/C30H27FN6O/c1-35-29(38)26-27(32-23-6-3-2-4-7-23)34-36(28(26)37-25-9-5-8-24(25)33-30(35)37)18-19-10-12-20(13-11-19)21-14-16-22(31)17-15-21/h2-4,6-7,10-17,24-25H,5,8-9,18H2,1H3,(H,32,34)/t24-,25+/m1/s1. The van der Waals surface area contributed by atoms with Gasteiger partial charge in [-0.1, -0.05) is 54.6 Å². The summed E-state index contributed by atoms with van der Waals surface area (Å²) in [6.45, 7) is 0.501. The van der Waals surface area contributed by atoms with Crippen LogP contribution in [0.1, 0.15) is 35.2 Å². The van der Waals surface area contributed by atoms with Gasteiger partial charge in [0.05, 0.1) is 18.6 Å². The van der Waals surface area contributed by atoms with Crippen molar-refractivity contribution in [1.29, 1.82) is 0 Å². The number of nitrogens with one attached hydrogen (secondary N) is 1. The van der Waals surface area contributed by atoms with Gasteiger partial charge in [-0.15, -0.1) is 0 Å². The van der Waals surface area contributed by atoms with E-state index in [4.69, 9.17) is 10.1 Å². The first kappa shape index (κ1) is 22.7. The molecule has 1 aliphatic carbocycles. The largest absolute Gasteiger partial charge is 0.338 e. The lowest BCUT2D eigenvalue weighted by atomic mass is 10.0. The van der Waals surface area contributed by atoms with E-state index in [1.165, 1.54) is 12.1 Å². The predicted molar refractivity (Wildman–Crippen MR) is 146 cm³/mol. The summed E-state index contributed by atoms with van der Waals surface area (Å²) < 4.78 is 15.3. The number of amides is 1. The number of rotatable bonds is 5. The van der Waals surface area contributed by atoms with Gasteiger partial charge < -0.3 is 5.32 Å². The Hall–Kier alpha value is -4.46. The molecule has 7 nitrogen and oxygen atoms in total. The number of aliphatic imine (C=N–C) groups is 1.